The van der Waals surface area contributed by atoms with Crippen LogP contribution in [0.5, 0.6) is 5.75 Å². The van der Waals surface area contributed by atoms with Crippen LogP contribution in [0.25, 0.3) is 0 Å². The number of ether oxygens (including phenoxy) is 1. The van der Waals surface area contributed by atoms with E-state index in [-0.39, 0.29) is 23.7 Å². The second-order valence-corrected chi connectivity index (χ2v) is 11.5. The smallest absolute Gasteiger partial charge is 0.343 e. The number of hydrogen-bond donors (Lipinski definition) is 0. The zero-order chi connectivity index (χ0) is 29.1. The van der Waals surface area contributed by atoms with E-state index < -0.39 is 17.8 Å². The van der Waals surface area contributed by atoms with Crippen molar-refractivity contribution in [2.24, 2.45) is 11.8 Å². The van der Waals surface area contributed by atoms with Crippen molar-refractivity contribution in [3.8, 4) is 5.75 Å². The average Bonchev–Trinajstić information content (AvgIpc) is 3.32. The molecular weight excluding hydrogens is 534 g/mol. The van der Waals surface area contributed by atoms with Crippen molar-refractivity contribution < 1.29 is 19.1 Å². The van der Waals surface area contributed by atoms with Crippen molar-refractivity contribution in [2.75, 3.05) is 4.90 Å². The van der Waals surface area contributed by atoms with Gasteiger partial charge in [0.25, 0.3) is 0 Å². The molecule has 5 heteroatoms. The molecule has 3 aliphatic carbocycles. The van der Waals surface area contributed by atoms with Crippen LogP contribution in [0.1, 0.15) is 55.6 Å². The van der Waals surface area contributed by atoms with Crippen molar-refractivity contribution >= 4 is 23.5 Å². The van der Waals surface area contributed by atoms with E-state index in [0.717, 1.165) is 34.2 Å². The van der Waals surface area contributed by atoms with E-state index in [1.165, 1.54) is 10.5 Å². The van der Waals surface area contributed by atoms with Crippen molar-refractivity contribution in [3.05, 3.63) is 166 Å². The maximum Gasteiger partial charge on any atom is 0.343 e. The molecule has 0 aromatic heterocycles. The molecule has 1 fully saturated rings. The maximum absolute atomic E-state index is 14.0. The summed E-state index contributed by atoms with van der Waals surface area (Å²) in [7, 11) is 0. The molecule has 9 rings (SSSR count). The molecule has 1 aliphatic heterocycles. The van der Waals surface area contributed by atoms with Crippen LogP contribution in [-0.4, -0.2) is 17.8 Å². The maximum atomic E-state index is 14.0. The van der Waals surface area contributed by atoms with Gasteiger partial charge in [-0.05, 0) is 76.2 Å². The van der Waals surface area contributed by atoms with E-state index in [2.05, 4.69) is 36.4 Å². The lowest BCUT2D eigenvalue weighted by Gasteiger charge is -2.45. The minimum atomic E-state index is -0.501. The third-order valence-corrected chi connectivity index (χ3v) is 9.19. The van der Waals surface area contributed by atoms with E-state index in [0.29, 0.717) is 17.0 Å². The van der Waals surface area contributed by atoms with Crippen LogP contribution < -0.4 is 9.64 Å². The molecule has 5 nitrogen and oxygen atoms in total. The minimum Gasteiger partial charge on any atom is -0.423 e. The van der Waals surface area contributed by atoms with Gasteiger partial charge >= 0.3 is 5.97 Å². The number of esters is 1. The predicted molar refractivity (Wildman–Crippen MR) is 163 cm³/mol. The molecule has 208 valence electrons. The van der Waals surface area contributed by atoms with Crippen LogP contribution in [0, 0.1) is 11.8 Å². The normalized spacial score (nSPS) is 21.3. The molecular formula is C38H27NO4. The molecule has 5 aromatic carbocycles. The van der Waals surface area contributed by atoms with E-state index in [9.17, 15) is 14.4 Å². The number of anilines is 1. The Kier molecular flexibility index (Phi) is 5.86. The van der Waals surface area contributed by atoms with Gasteiger partial charge in [-0.3, -0.25) is 9.59 Å². The summed E-state index contributed by atoms with van der Waals surface area (Å²) in [6, 6.07) is 40.6. The standard InChI is InChI=1S/C38H27NO4/c40-36-34-32-28-10-4-5-11-29(28)33(31-13-7-6-12-30(31)32)35(34)37(41)39(36)26-18-16-25(17-19-26)38(42)43-27-20-14-24(15-21-27)22-23-8-2-1-3-9-23/h1-21,32-35H,22H2/t32?,33?,34-,35+. The quantitative estimate of drug-likeness (QED) is 0.133. The zero-order valence-electron chi connectivity index (χ0n) is 23.2. The molecule has 4 aliphatic rings. The minimum absolute atomic E-state index is 0.155. The molecule has 5 aromatic rings. The highest BCUT2D eigenvalue weighted by atomic mass is 16.5. The summed E-state index contributed by atoms with van der Waals surface area (Å²) >= 11 is 0. The number of nitrogens with zero attached hydrogens (tertiary/aromatic N) is 1. The van der Waals surface area contributed by atoms with Crippen LogP contribution in [0.3, 0.4) is 0 Å². The Morgan fingerprint density at radius 2 is 1.02 bits per heavy atom. The second-order valence-electron chi connectivity index (χ2n) is 11.5. The number of imide groups is 1. The fraction of sp³-hybridized carbons (Fsp3) is 0.132. The molecule has 0 radical (unpaired) electrons. The lowest BCUT2D eigenvalue weighted by Crippen LogP contribution is -2.41. The van der Waals surface area contributed by atoms with Gasteiger partial charge in [0.1, 0.15) is 5.75 Å². The summed E-state index contributed by atoms with van der Waals surface area (Å²) in [4.78, 5) is 42.2. The third-order valence-electron chi connectivity index (χ3n) is 9.19. The lowest BCUT2D eigenvalue weighted by molar-refractivity contribution is -0.122. The first kappa shape index (κ1) is 25.4. The Morgan fingerprint density at radius 3 is 1.53 bits per heavy atom. The van der Waals surface area contributed by atoms with Crippen LogP contribution >= 0.6 is 0 Å². The number of carbonyl (C=O) groups is 3. The fourth-order valence-electron chi connectivity index (χ4n) is 7.35. The van der Waals surface area contributed by atoms with Gasteiger partial charge in [-0.25, -0.2) is 9.69 Å². The van der Waals surface area contributed by atoms with E-state index in [1.807, 2.05) is 54.6 Å². The highest BCUT2D eigenvalue weighted by Crippen LogP contribution is 2.61. The number of rotatable bonds is 5. The van der Waals surface area contributed by atoms with Gasteiger partial charge in [-0.2, -0.15) is 0 Å². The first-order chi connectivity index (χ1) is 21.1. The van der Waals surface area contributed by atoms with Gasteiger partial charge in [0.15, 0.2) is 0 Å². The van der Waals surface area contributed by atoms with Crippen LogP contribution in [0.4, 0.5) is 5.69 Å². The van der Waals surface area contributed by atoms with E-state index >= 15 is 0 Å². The second kappa shape index (κ2) is 9.92. The Balaban J connectivity index is 1.02. The Labute approximate surface area is 249 Å². The summed E-state index contributed by atoms with van der Waals surface area (Å²) in [6.07, 6.45) is 0.797. The molecule has 0 spiro atoms. The Hall–Kier alpha value is -5.29. The third kappa shape index (κ3) is 4.03. The SMILES string of the molecule is O=C(Oc1ccc(Cc2ccccc2)cc1)c1ccc(N2C(=O)[C@@H]3C4c5ccccc5C(c5ccccc54)[C@@H]3C2=O)cc1. The Bertz CT molecular complexity index is 1780. The molecule has 2 atom stereocenters. The summed E-state index contributed by atoms with van der Waals surface area (Å²) in [6.45, 7) is 0. The van der Waals surface area contributed by atoms with Crippen LogP contribution in [-0.2, 0) is 16.0 Å². The molecule has 0 saturated carbocycles. The highest BCUT2D eigenvalue weighted by molar-refractivity contribution is 6.23. The fourth-order valence-corrected chi connectivity index (χ4v) is 7.35. The first-order valence-electron chi connectivity index (χ1n) is 14.6. The molecule has 43 heavy (non-hydrogen) atoms. The predicted octanol–water partition coefficient (Wildman–Crippen LogP) is 6.89. The molecule has 2 amide bonds. The van der Waals surface area contributed by atoms with Gasteiger partial charge < -0.3 is 4.74 Å². The summed E-state index contributed by atoms with van der Waals surface area (Å²) in [5.41, 5.74) is 7.71. The van der Waals surface area contributed by atoms with Gasteiger partial charge in [-0.15, -0.1) is 0 Å². The first-order valence-corrected chi connectivity index (χ1v) is 14.6. The number of amides is 2. The average molecular weight is 562 g/mol. The zero-order valence-corrected chi connectivity index (χ0v) is 23.2. The van der Waals surface area contributed by atoms with Crippen LogP contribution in [0.15, 0.2) is 127 Å². The molecule has 1 saturated heterocycles. The van der Waals surface area contributed by atoms with E-state index in [4.69, 9.17) is 4.74 Å². The highest BCUT2D eigenvalue weighted by Gasteiger charge is 2.61. The monoisotopic (exact) mass is 561 g/mol. The summed E-state index contributed by atoms with van der Waals surface area (Å²) in [5.74, 6) is -1.61. The molecule has 1 heterocycles. The molecule has 0 N–H and O–H groups in total. The van der Waals surface area contributed by atoms with Crippen molar-refractivity contribution in [3.63, 3.8) is 0 Å². The van der Waals surface area contributed by atoms with Gasteiger partial charge in [-0.1, -0.05) is 91.0 Å². The van der Waals surface area contributed by atoms with Crippen LogP contribution in [0.2, 0.25) is 0 Å². The Morgan fingerprint density at radius 1 is 0.558 bits per heavy atom. The summed E-state index contributed by atoms with van der Waals surface area (Å²) in [5, 5.41) is 0. The molecule has 0 unspecified atom stereocenters. The van der Waals surface area contributed by atoms with E-state index in [1.54, 1.807) is 36.4 Å². The number of hydrogen-bond acceptors (Lipinski definition) is 4. The largest absolute Gasteiger partial charge is 0.423 e. The van der Waals surface area contributed by atoms with Crippen molar-refractivity contribution in [1.82, 2.24) is 0 Å². The lowest BCUT2D eigenvalue weighted by atomic mass is 9.55. The van der Waals surface area contributed by atoms with Gasteiger partial charge in [0, 0.05) is 11.8 Å². The summed E-state index contributed by atoms with van der Waals surface area (Å²) < 4.78 is 5.61. The topological polar surface area (TPSA) is 63.7 Å². The van der Waals surface area contributed by atoms with Crippen molar-refractivity contribution in [2.45, 2.75) is 18.3 Å². The number of benzene rings is 5. The van der Waals surface area contributed by atoms with Gasteiger partial charge in [0.05, 0.1) is 23.1 Å². The van der Waals surface area contributed by atoms with Crippen molar-refractivity contribution in [1.29, 1.82) is 0 Å². The van der Waals surface area contributed by atoms with Gasteiger partial charge in [0.2, 0.25) is 11.8 Å². The molecule has 2 bridgehead atoms. The number of carbonyl (C=O) groups excluding carboxylic acids is 3.